The average Bonchev–Trinajstić information content (AvgIpc) is 2.17. The summed E-state index contributed by atoms with van der Waals surface area (Å²) in [7, 11) is 1.87. The highest BCUT2D eigenvalue weighted by Gasteiger charge is 2.11. The van der Waals surface area contributed by atoms with Gasteiger partial charge in [-0.3, -0.25) is 0 Å². The summed E-state index contributed by atoms with van der Waals surface area (Å²) in [6, 6.07) is 1.44. The quantitative estimate of drug-likeness (QED) is 0.836. The van der Waals surface area contributed by atoms with Gasteiger partial charge in [-0.15, -0.1) is 0 Å². The van der Waals surface area contributed by atoms with Crippen molar-refractivity contribution in [3.05, 3.63) is 22.6 Å². The second-order valence-corrected chi connectivity index (χ2v) is 4.77. The van der Waals surface area contributed by atoms with Crippen LogP contribution in [0, 0.1) is 11.7 Å². The lowest BCUT2D eigenvalue weighted by molar-refractivity contribution is 0.545. The molecule has 0 bridgehead atoms. The highest BCUT2D eigenvalue weighted by Crippen LogP contribution is 2.20. The molecule has 0 N–H and O–H groups in total. The Bertz CT molecular complexity index is 330. The van der Waals surface area contributed by atoms with Gasteiger partial charge in [-0.25, -0.2) is 9.37 Å². The third kappa shape index (κ3) is 3.45. The summed E-state index contributed by atoms with van der Waals surface area (Å²) in [5.74, 6) is 0.675. The highest BCUT2D eigenvalue weighted by atomic mass is 79.9. The summed E-state index contributed by atoms with van der Waals surface area (Å²) in [5.41, 5.74) is 0. The molecule has 1 aromatic heterocycles. The predicted molar refractivity (Wildman–Crippen MR) is 64.6 cm³/mol. The van der Waals surface area contributed by atoms with Gasteiger partial charge in [-0.1, -0.05) is 20.3 Å². The van der Waals surface area contributed by atoms with E-state index in [0.717, 1.165) is 13.0 Å². The van der Waals surface area contributed by atoms with Gasteiger partial charge < -0.3 is 4.90 Å². The maximum atomic E-state index is 13.5. The zero-order chi connectivity index (χ0) is 11.4. The van der Waals surface area contributed by atoms with Crippen LogP contribution in [0.25, 0.3) is 0 Å². The number of aromatic nitrogens is 1. The normalized spacial score (nSPS) is 12.6. The van der Waals surface area contributed by atoms with Crippen LogP contribution in [0.2, 0.25) is 0 Å². The van der Waals surface area contributed by atoms with Crippen LogP contribution in [0.5, 0.6) is 0 Å². The van der Waals surface area contributed by atoms with E-state index in [4.69, 9.17) is 0 Å². The number of pyridine rings is 1. The third-order valence-electron chi connectivity index (χ3n) is 2.43. The van der Waals surface area contributed by atoms with E-state index >= 15 is 0 Å². The first-order valence-electron chi connectivity index (χ1n) is 5.06. The van der Waals surface area contributed by atoms with E-state index in [1.165, 1.54) is 6.07 Å². The monoisotopic (exact) mass is 274 g/mol. The molecule has 0 amide bonds. The molecule has 0 saturated carbocycles. The molecule has 1 heterocycles. The Hall–Kier alpha value is -0.640. The Morgan fingerprint density at radius 1 is 1.60 bits per heavy atom. The number of halogens is 2. The van der Waals surface area contributed by atoms with Crippen molar-refractivity contribution in [3.8, 4) is 0 Å². The van der Waals surface area contributed by atoms with Gasteiger partial charge in [0.05, 0.1) is 0 Å². The first-order chi connectivity index (χ1) is 7.04. The Morgan fingerprint density at radius 2 is 2.27 bits per heavy atom. The second kappa shape index (κ2) is 5.45. The van der Waals surface area contributed by atoms with Crippen molar-refractivity contribution in [2.24, 2.45) is 5.92 Å². The predicted octanol–water partition coefficient (Wildman–Crippen LogP) is 3.47. The molecule has 1 rings (SSSR count). The van der Waals surface area contributed by atoms with Gasteiger partial charge in [0.2, 0.25) is 0 Å². The second-order valence-electron chi connectivity index (χ2n) is 3.85. The van der Waals surface area contributed by atoms with Crippen molar-refractivity contribution in [2.45, 2.75) is 20.3 Å². The minimum Gasteiger partial charge on any atom is -0.357 e. The van der Waals surface area contributed by atoms with E-state index in [1.807, 2.05) is 11.9 Å². The van der Waals surface area contributed by atoms with E-state index in [0.29, 0.717) is 16.2 Å². The van der Waals surface area contributed by atoms with E-state index in [1.54, 1.807) is 6.20 Å². The molecule has 84 valence electrons. The van der Waals surface area contributed by atoms with Crippen LogP contribution < -0.4 is 4.90 Å². The average molecular weight is 275 g/mol. The number of hydrogen-bond donors (Lipinski definition) is 0. The topological polar surface area (TPSA) is 16.1 Å². The standard InChI is InChI=1S/C11H16BrFN2/c1-4-8(2)7-15(3)11-10(13)5-9(12)6-14-11/h5-6,8H,4,7H2,1-3H3. The molecule has 0 aliphatic rings. The summed E-state index contributed by atoms with van der Waals surface area (Å²) < 4.78 is 14.2. The summed E-state index contributed by atoms with van der Waals surface area (Å²) in [6.45, 7) is 5.10. The van der Waals surface area contributed by atoms with Crippen molar-refractivity contribution in [1.29, 1.82) is 0 Å². The van der Waals surface area contributed by atoms with Gasteiger partial charge in [0, 0.05) is 24.3 Å². The fourth-order valence-electron chi connectivity index (χ4n) is 1.37. The van der Waals surface area contributed by atoms with Crippen LogP contribution in [0.4, 0.5) is 10.2 Å². The van der Waals surface area contributed by atoms with E-state index in [9.17, 15) is 4.39 Å². The summed E-state index contributed by atoms with van der Waals surface area (Å²) in [5, 5.41) is 0. The molecule has 1 aromatic rings. The van der Waals surface area contributed by atoms with E-state index in [2.05, 4.69) is 34.8 Å². The van der Waals surface area contributed by atoms with Crippen LogP contribution >= 0.6 is 15.9 Å². The van der Waals surface area contributed by atoms with Crippen LogP contribution in [0.3, 0.4) is 0 Å². The molecule has 0 saturated heterocycles. The minimum atomic E-state index is -0.282. The number of anilines is 1. The van der Waals surface area contributed by atoms with Crippen molar-refractivity contribution >= 4 is 21.7 Å². The van der Waals surface area contributed by atoms with E-state index in [-0.39, 0.29) is 5.82 Å². The lowest BCUT2D eigenvalue weighted by Crippen LogP contribution is -2.25. The first kappa shape index (κ1) is 12.4. The Morgan fingerprint density at radius 3 is 2.80 bits per heavy atom. The minimum absolute atomic E-state index is 0.282. The lowest BCUT2D eigenvalue weighted by atomic mass is 10.1. The summed E-state index contributed by atoms with van der Waals surface area (Å²) >= 11 is 3.19. The SMILES string of the molecule is CCC(C)CN(C)c1ncc(Br)cc1F. The molecule has 15 heavy (non-hydrogen) atoms. The van der Waals surface area contributed by atoms with Gasteiger partial charge in [0.1, 0.15) is 0 Å². The zero-order valence-electron chi connectivity index (χ0n) is 9.30. The molecule has 0 aliphatic heterocycles. The highest BCUT2D eigenvalue weighted by molar-refractivity contribution is 9.10. The fraction of sp³-hybridized carbons (Fsp3) is 0.545. The maximum Gasteiger partial charge on any atom is 0.166 e. The molecule has 2 nitrogen and oxygen atoms in total. The molecule has 1 atom stereocenters. The van der Waals surface area contributed by atoms with Gasteiger partial charge in [-0.2, -0.15) is 0 Å². The fourth-order valence-corrected chi connectivity index (χ4v) is 1.67. The van der Waals surface area contributed by atoms with Gasteiger partial charge in [0.25, 0.3) is 0 Å². The molecule has 0 aliphatic carbocycles. The molecule has 0 fully saturated rings. The number of rotatable bonds is 4. The molecule has 0 radical (unpaired) electrons. The van der Waals surface area contributed by atoms with Crippen LogP contribution in [0.15, 0.2) is 16.7 Å². The van der Waals surface area contributed by atoms with Crippen molar-refractivity contribution in [3.63, 3.8) is 0 Å². The summed E-state index contributed by atoms with van der Waals surface area (Å²) in [4.78, 5) is 5.93. The van der Waals surface area contributed by atoms with Crippen LogP contribution in [0.1, 0.15) is 20.3 Å². The van der Waals surface area contributed by atoms with Crippen molar-refractivity contribution in [1.82, 2.24) is 4.98 Å². The Kier molecular flexibility index (Phi) is 4.51. The maximum absolute atomic E-state index is 13.5. The molecular weight excluding hydrogens is 259 g/mol. The van der Waals surface area contributed by atoms with Gasteiger partial charge >= 0.3 is 0 Å². The van der Waals surface area contributed by atoms with E-state index < -0.39 is 0 Å². The molecule has 0 aromatic carbocycles. The number of nitrogens with zero attached hydrogens (tertiary/aromatic N) is 2. The van der Waals surface area contributed by atoms with Gasteiger partial charge in [0.15, 0.2) is 11.6 Å². The molecule has 1 unspecified atom stereocenters. The largest absolute Gasteiger partial charge is 0.357 e. The lowest BCUT2D eigenvalue weighted by Gasteiger charge is -2.22. The first-order valence-corrected chi connectivity index (χ1v) is 5.86. The van der Waals surface area contributed by atoms with Crippen LogP contribution in [-0.2, 0) is 0 Å². The van der Waals surface area contributed by atoms with Crippen molar-refractivity contribution in [2.75, 3.05) is 18.5 Å². The zero-order valence-corrected chi connectivity index (χ0v) is 10.9. The van der Waals surface area contributed by atoms with Crippen molar-refractivity contribution < 1.29 is 4.39 Å². The smallest absolute Gasteiger partial charge is 0.166 e. The number of hydrogen-bond acceptors (Lipinski definition) is 2. The Labute approximate surface area is 98.6 Å². The summed E-state index contributed by atoms with van der Waals surface area (Å²) in [6.07, 6.45) is 2.70. The molecular formula is C11H16BrFN2. The third-order valence-corrected chi connectivity index (χ3v) is 2.87. The molecule has 4 heteroatoms. The van der Waals surface area contributed by atoms with Gasteiger partial charge in [-0.05, 0) is 27.9 Å². The molecule has 0 spiro atoms. The van der Waals surface area contributed by atoms with Crippen LogP contribution in [-0.4, -0.2) is 18.6 Å². The Balaban J connectivity index is 2.77.